The third-order valence-corrected chi connectivity index (χ3v) is 20.9. The maximum absolute atomic E-state index is 2.55. The Morgan fingerprint density at radius 2 is 0.472 bits per heavy atom. The van der Waals surface area contributed by atoms with Gasteiger partial charge in [-0.25, -0.2) is 0 Å². The zero-order valence-electron chi connectivity index (χ0n) is 48.4. The number of thiophene rings is 2. The van der Waals surface area contributed by atoms with Crippen molar-refractivity contribution in [1.29, 1.82) is 0 Å². The van der Waals surface area contributed by atoms with Crippen LogP contribution in [0.4, 0.5) is 0 Å². The number of benzene rings is 15. The van der Waals surface area contributed by atoms with Gasteiger partial charge in [0.2, 0.25) is 0 Å². The first-order chi connectivity index (χ1) is 44.1. The SMILES string of the molecule is c1ccc(-c2cc(-c3ccccc3)c3sc4c(-c5ccc6c(c5)c5cc(-c7cc(-c8ccccc8)cc8c7sc7c(-c9ccccc9)cc(-c9ccccc9)cc78)ccc5n6-c5cc6ccccc6c6ccccc56)cc(-c5ccccc5)cc4c3c2)cc1. The van der Waals surface area contributed by atoms with Crippen LogP contribution in [0.15, 0.2) is 322 Å². The van der Waals surface area contributed by atoms with Crippen LogP contribution in [0.1, 0.15) is 0 Å². The summed E-state index contributed by atoms with van der Waals surface area (Å²) in [6, 6.07) is 120. The molecule has 0 radical (unpaired) electrons. The standard InChI is InChI=1S/C86H53NS2/c1-7-23-54(24-8-1)63-45-70(58-31-15-5-16-32-58)83-76(49-63)78-51-65(56-27-11-3-12-28-56)47-72(85(78)88-83)61-39-41-80-74(43-61)75-44-62(40-42-81(75)87(80)82-53-60-35-19-20-36-67(60)68-37-21-22-38-69(68)82)73-48-66(57-29-13-4-14-30-57)52-79-77-50-64(55-25-9-2-10-26-55)46-71(84(77)89-86(73)79)59-33-17-6-18-34-59/h1-53H. The highest BCUT2D eigenvalue weighted by atomic mass is 32.1. The van der Waals surface area contributed by atoms with Crippen LogP contribution in [-0.4, -0.2) is 4.57 Å². The van der Waals surface area contributed by atoms with E-state index in [1.807, 2.05) is 22.7 Å². The first-order valence-corrected chi connectivity index (χ1v) is 32.2. The van der Waals surface area contributed by atoms with Gasteiger partial charge in [0.25, 0.3) is 0 Å². The molecule has 15 aromatic carbocycles. The Balaban J connectivity index is 0.931. The third-order valence-electron chi connectivity index (χ3n) is 18.3. The molecule has 3 aromatic heterocycles. The average Bonchev–Trinajstić information content (AvgIpc) is 1.81. The lowest BCUT2D eigenvalue weighted by molar-refractivity contribution is 1.20. The number of rotatable bonds is 9. The van der Waals surface area contributed by atoms with Gasteiger partial charge >= 0.3 is 0 Å². The van der Waals surface area contributed by atoms with Crippen molar-refractivity contribution >= 4 is 106 Å². The fourth-order valence-electron chi connectivity index (χ4n) is 14.1. The Bertz CT molecular complexity index is 5500. The van der Waals surface area contributed by atoms with E-state index < -0.39 is 0 Å². The lowest BCUT2D eigenvalue weighted by Gasteiger charge is -2.15. The summed E-state index contributed by atoms with van der Waals surface area (Å²) in [7, 11) is 0. The predicted molar refractivity (Wildman–Crippen MR) is 385 cm³/mol. The molecule has 0 aliphatic carbocycles. The van der Waals surface area contributed by atoms with Crippen LogP contribution in [0.5, 0.6) is 0 Å². The van der Waals surface area contributed by atoms with Gasteiger partial charge in [-0.3, -0.25) is 0 Å². The molecular weight excluding hydrogens is 1110 g/mol. The van der Waals surface area contributed by atoms with Crippen molar-refractivity contribution in [1.82, 2.24) is 4.57 Å². The monoisotopic (exact) mass is 1160 g/mol. The highest BCUT2D eigenvalue weighted by Gasteiger charge is 2.24. The van der Waals surface area contributed by atoms with Crippen molar-refractivity contribution < 1.29 is 0 Å². The Morgan fingerprint density at radius 3 is 0.843 bits per heavy atom. The van der Waals surface area contributed by atoms with E-state index in [-0.39, 0.29) is 0 Å². The molecule has 414 valence electrons. The Kier molecular flexibility index (Phi) is 12.0. The van der Waals surface area contributed by atoms with Crippen LogP contribution in [0.2, 0.25) is 0 Å². The fourth-order valence-corrected chi connectivity index (χ4v) is 16.7. The minimum Gasteiger partial charge on any atom is -0.309 e. The quantitative estimate of drug-likeness (QED) is 0.127. The van der Waals surface area contributed by atoms with Gasteiger partial charge in [0.1, 0.15) is 0 Å². The molecule has 0 aliphatic heterocycles. The van der Waals surface area contributed by atoms with Crippen molar-refractivity contribution in [3.05, 3.63) is 322 Å². The van der Waals surface area contributed by atoms with E-state index in [4.69, 9.17) is 0 Å². The van der Waals surface area contributed by atoms with Gasteiger partial charge in [-0.15, -0.1) is 22.7 Å². The summed E-state index contributed by atoms with van der Waals surface area (Å²) in [6.07, 6.45) is 0. The van der Waals surface area contributed by atoms with Crippen LogP contribution in [-0.2, 0) is 0 Å². The highest BCUT2D eigenvalue weighted by molar-refractivity contribution is 7.27. The molecule has 0 saturated heterocycles. The number of hydrogen-bond acceptors (Lipinski definition) is 2. The topological polar surface area (TPSA) is 4.93 Å². The average molecular weight is 1160 g/mol. The maximum atomic E-state index is 2.55. The molecule has 0 spiro atoms. The first-order valence-electron chi connectivity index (χ1n) is 30.5. The number of hydrogen-bond donors (Lipinski definition) is 0. The van der Waals surface area contributed by atoms with Gasteiger partial charge in [0.05, 0.1) is 16.7 Å². The molecule has 0 N–H and O–H groups in total. The summed E-state index contributed by atoms with van der Waals surface area (Å²) < 4.78 is 7.69. The number of aromatic nitrogens is 1. The molecule has 0 bridgehead atoms. The second-order valence-corrected chi connectivity index (χ2v) is 25.5. The molecule has 3 heterocycles. The summed E-state index contributed by atoms with van der Waals surface area (Å²) in [5.74, 6) is 0. The molecule has 3 heteroatoms. The molecule has 0 atom stereocenters. The Hall–Kier alpha value is -10.9. The van der Waals surface area contributed by atoms with Gasteiger partial charge in [-0.1, -0.05) is 243 Å². The smallest absolute Gasteiger partial charge is 0.0546 e. The van der Waals surface area contributed by atoms with Crippen molar-refractivity contribution in [2.45, 2.75) is 0 Å². The Morgan fingerprint density at radius 1 is 0.180 bits per heavy atom. The van der Waals surface area contributed by atoms with E-state index in [2.05, 4.69) is 326 Å². The molecular formula is C86H53NS2. The fraction of sp³-hybridized carbons (Fsp3) is 0. The predicted octanol–water partition coefficient (Wildman–Crippen LogP) is 25.2. The van der Waals surface area contributed by atoms with Gasteiger partial charge in [0, 0.05) is 78.8 Å². The lowest BCUT2D eigenvalue weighted by atomic mass is 9.92. The molecule has 18 aromatic rings. The second kappa shape index (κ2) is 20.9. The lowest BCUT2D eigenvalue weighted by Crippen LogP contribution is -1.96. The van der Waals surface area contributed by atoms with E-state index in [1.54, 1.807) is 0 Å². The molecule has 18 rings (SSSR count). The van der Waals surface area contributed by atoms with Gasteiger partial charge in [-0.2, -0.15) is 0 Å². The summed E-state index contributed by atoms with van der Waals surface area (Å²) in [5, 5.41) is 12.4. The normalized spacial score (nSPS) is 11.8. The van der Waals surface area contributed by atoms with Crippen molar-refractivity contribution in [2.75, 3.05) is 0 Å². The zero-order valence-corrected chi connectivity index (χ0v) is 50.0. The second-order valence-electron chi connectivity index (χ2n) is 23.5. The third kappa shape index (κ3) is 8.57. The minimum atomic E-state index is 1.16. The van der Waals surface area contributed by atoms with Crippen LogP contribution < -0.4 is 0 Å². The zero-order chi connectivity index (χ0) is 58.5. The summed E-state index contributed by atoms with van der Waals surface area (Å²) in [5.41, 5.74) is 22.9. The van der Waals surface area contributed by atoms with Gasteiger partial charge in [-0.05, 0) is 162 Å². The van der Waals surface area contributed by atoms with E-state index in [0.29, 0.717) is 0 Å². The van der Waals surface area contributed by atoms with Crippen LogP contribution in [0.25, 0.3) is 178 Å². The summed E-state index contributed by atoms with van der Waals surface area (Å²) in [6.45, 7) is 0. The van der Waals surface area contributed by atoms with E-state index in [0.717, 1.165) is 11.0 Å². The minimum absolute atomic E-state index is 1.16. The number of nitrogens with zero attached hydrogens (tertiary/aromatic N) is 1. The van der Waals surface area contributed by atoms with Crippen molar-refractivity contribution in [3.63, 3.8) is 0 Å². The van der Waals surface area contributed by atoms with Crippen LogP contribution in [0, 0.1) is 0 Å². The number of fused-ring (bicyclic) bond motifs is 12. The largest absolute Gasteiger partial charge is 0.309 e. The van der Waals surface area contributed by atoms with E-state index >= 15 is 0 Å². The summed E-state index contributed by atoms with van der Waals surface area (Å²) in [4.78, 5) is 0. The molecule has 89 heavy (non-hydrogen) atoms. The first kappa shape index (κ1) is 51.3. The molecule has 0 aliphatic rings. The van der Waals surface area contributed by atoms with Crippen molar-refractivity contribution in [2.24, 2.45) is 0 Å². The van der Waals surface area contributed by atoms with Gasteiger partial charge < -0.3 is 4.57 Å². The van der Waals surface area contributed by atoms with Crippen LogP contribution in [0.3, 0.4) is 0 Å². The van der Waals surface area contributed by atoms with Gasteiger partial charge in [0.15, 0.2) is 0 Å². The van der Waals surface area contributed by atoms with Crippen molar-refractivity contribution in [3.8, 4) is 94.7 Å². The summed E-state index contributed by atoms with van der Waals surface area (Å²) >= 11 is 3.85. The Labute approximate surface area is 523 Å². The van der Waals surface area contributed by atoms with E-state index in [1.165, 1.54) is 167 Å². The molecule has 0 amide bonds. The molecule has 0 fully saturated rings. The molecule has 0 saturated carbocycles. The highest BCUT2D eigenvalue weighted by Crippen LogP contribution is 2.51. The van der Waals surface area contributed by atoms with E-state index in [9.17, 15) is 0 Å². The molecule has 0 unspecified atom stereocenters. The molecule has 1 nitrogen and oxygen atoms in total. The van der Waals surface area contributed by atoms with Crippen LogP contribution >= 0.6 is 22.7 Å². The maximum Gasteiger partial charge on any atom is 0.0546 e.